The van der Waals surface area contributed by atoms with Crippen molar-refractivity contribution in [2.45, 2.75) is 22.4 Å². The molecule has 2 amide bonds. The Morgan fingerprint density at radius 3 is 2.63 bits per heavy atom. The molecule has 17 heteroatoms. The van der Waals surface area contributed by atoms with Crippen molar-refractivity contribution < 1.29 is 34.5 Å². The van der Waals surface area contributed by atoms with Gasteiger partial charge in [0.15, 0.2) is 26.7 Å². The number of oxime groups is 1. The first-order valence-corrected chi connectivity index (χ1v) is 17.3. The van der Waals surface area contributed by atoms with E-state index in [1.807, 2.05) is 30.3 Å². The summed E-state index contributed by atoms with van der Waals surface area (Å²) in [5.41, 5.74) is 8.28. The Balaban J connectivity index is 1.13. The summed E-state index contributed by atoms with van der Waals surface area (Å²) in [6.45, 7) is 0.0993. The van der Waals surface area contributed by atoms with Crippen LogP contribution in [0.15, 0.2) is 80.1 Å². The van der Waals surface area contributed by atoms with E-state index >= 15 is 0 Å². The Bertz CT molecular complexity index is 1880. The molecule has 6 N–H and O–H groups in total. The highest BCUT2D eigenvalue weighted by Crippen LogP contribution is 2.42. The predicted molar refractivity (Wildman–Crippen MR) is 176 cm³/mol. The molecule has 0 saturated carbocycles. The van der Waals surface area contributed by atoms with Crippen LogP contribution in [0.1, 0.15) is 11.3 Å². The van der Waals surface area contributed by atoms with Crippen molar-refractivity contribution in [2.24, 2.45) is 5.16 Å². The number of thiazole rings is 2. The highest BCUT2D eigenvalue weighted by Gasteiger charge is 2.54. The van der Waals surface area contributed by atoms with Crippen LogP contribution in [-0.4, -0.2) is 76.6 Å². The maximum atomic E-state index is 13.4. The van der Waals surface area contributed by atoms with Gasteiger partial charge in [-0.25, -0.2) is 14.8 Å². The number of aromatic nitrogens is 2. The highest BCUT2D eigenvalue weighted by molar-refractivity contribution is 8.01. The van der Waals surface area contributed by atoms with E-state index in [1.165, 1.54) is 51.9 Å². The smallest absolute Gasteiger partial charge is 0.352 e. The number of hydrogen-bond donors (Lipinski definition) is 5. The molecule has 4 heterocycles. The quantitative estimate of drug-likeness (QED) is 0.0501. The number of carboxylic acids is 1. The Hall–Kier alpha value is -4.58. The Morgan fingerprint density at radius 2 is 1.91 bits per heavy atom. The van der Waals surface area contributed by atoms with Crippen molar-refractivity contribution in [3.8, 4) is 22.8 Å². The lowest BCUT2D eigenvalue weighted by Gasteiger charge is -2.49. The molecule has 2 aromatic heterocycles. The molecule has 236 valence electrons. The molecule has 1 saturated heterocycles. The second kappa shape index (κ2) is 13.4. The van der Waals surface area contributed by atoms with E-state index in [-0.39, 0.29) is 46.1 Å². The third kappa shape index (κ3) is 6.53. The molecule has 13 nitrogen and oxygen atoms in total. The van der Waals surface area contributed by atoms with Gasteiger partial charge in [0, 0.05) is 27.8 Å². The molecule has 2 aliphatic rings. The monoisotopic (exact) mass is 696 g/mol. The van der Waals surface area contributed by atoms with Gasteiger partial charge in [-0.05, 0) is 29.3 Å². The fourth-order valence-electron chi connectivity index (χ4n) is 4.64. The standard InChI is InChI=1S/C29H24N6O7S4/c30-28-31-18(13-44-28)21(34-42-9-14-4-2-1-3-5-14)24(38)33-22-25(39)35-23(27(40)41)16(10-43-26(22)35)11-45-29-32-17(12-46-29)15-6-7-19(36)20(37)8-15/h1-8,12-13,22,26,36-37H,9-11H2,(H2,30,31)(H,33,38)(H,40,41)/t22-,26+/m1/s1. The first-order valence-electron chi connectivity index (χ1n) is 13.5. The van der Waals surface area contributed by atoms with Crippen LogP contribution in [0.4, 0.5) is 5.13 Å². The zero-order valence-electron chi connectivity index (χ0n) is 23.5. The zero-order valence-corrected chi connectivity index (χ0v) is 26.8. The van der Waals surface area contributed by atoms with Gasteiger partial charge in [0.05, 0.1) is 5.69 Å². The summed E-state index contributed by atoms with van der Waals surface area (Å²) in [5.74, 6) is -2.40. The van der Waals surface area contributed by atoms with Gasteiger partial charge < -0.3 is 31.2 Å². The predicted octanol–water partition coefficient (Wildman–Crippen LogP) is 3.71. The van der Waals surface area contributed by atoms with Crippen LogP contribution in [0.5, 0.6) is 11.5 Å². The molecule has 0 spiro atoms. The fraction of sp³-hybridized carbons (Fsp3) is 0.172. The number of nitrogens with two attached hydrogens (primary N) is 1. The summed E-state index contributed by atoms with van der Waals surface area (Å²) in [7, 11) is 0. The number of phenols is 2. The molecule has 2 aliphatic heterocycles. The van der Waals surface area contributed by atoms with Crippen molar-refractivity contribution >= 4 is 74.8 Å². The van der Waals surface area contributed by atoms with Crippen molar-refractivity contribution in [3.63, 3.8) is 0 Å². The number of benzene rings is 2. The van der Waals surface area contributed by atoms with Crippen molar-refractivity contribution in [3.05, 3.63) is 81.8 Å². The number of rotatable bonds is 11. The van der Waals surface area contributed by atoms with E-state index in [9.17, 15) is 29.7 Å². The number of thioether (sulfide) groups is 2. The summed E-state index contributed by atoms with van der Waals surface area (Å²) in [6, 6.07) is 12.7. The number of nitrogens with zero attached hydrogens (tertiary/aromatic N) is 4. The lowest BCUT2D eigenvalue weighted by Crippen LogP contribution is -2.71. The average molecular weight is 697 g/mol. The molecule has 2 atom stereocenters. The van der Waals surface area contributed by atoms with Crippen LogP contribution in [-0.2, 0) is 25.8 Å². The third-order valence-electron chi connectivity index (χ3n) is 6.87. The minimum absolute atomic E-state index is 0.0993. The van der Waals surface area contributed by atoms with E-state index in [0.29, 0.717) is 26.9 Å². The summed E-state index contributed by atoms with van der Waals surface area (Å²) in [6.07, 6.45) is 0. The molecule has 0 radical (unpaired) electrons. The number of carbonyl (C=O) groups excluding carboxylic acids is 2. The number of anilines is 1. The van der Waals surface area contributed by atoms with Crippen LogP contribution in [0.3, 0.4) is 0 Å². The van der Waals surface area contributed by atoms with Crippen molar-refractivity contribution in [1.29, 1.82) is 0 Å². The number of amides is 2. The highest BCUT2D eigenvalue weighted by atomic mass is 32.2. The van der Waals surface area contributed by atoms with Gasteiger partial charge >= 0.3 is 5.97 Å². The van der Waals surface area contributed by atoms with E-state index in [2.05, 4.69) is 20.4 Å². The first kappa shape index (κ1) is 31.4. The van der Waals surface area contributed by atoms with Gasteiger partial charge in [0.25, 0.3) is 11.8 Å². The summed E-state index contributed by atoms with van der Waals surface area (Å²) in [5, 5.41) is 39.1. The lowest BCUT2D eigenvalue weighted by molar-refractivity contribution is -0.150. The Labute approximate surface area is 277 Å². The fourth-order valence-corrected chi connectivity index (χ4v) is 8.51. The van der Waals surface area contributed by atoms with Crippen LogP contribution < -0.4 is 11.1 Å². The summed E-state index contributed by atoms with van der Waals surface area (Å²) in [4.78, 5) is 54.3. The molecule has 0 bridgehead atoms. The molecule has 4 aromatic rings. The number of aromatic hydroxyl groups is 2. The van der Waals surface area contributed by atoms with Crippen LogP contribution in [0, 0.1) is 0 Å². The molecular weight excluding hydrogens is 673 g/mol. The molecular formula is C29H24N6O7S4. The van der Waals surface area contributed by atoms with Gasteiger partial charge in [-0.15, -0.1) is 34.4 Å². The largest absolute Gasteiger partial charge is 0.504 e. The number of nitrogen functional groups attached to an aromatic ring is 1. The van der Waals surface area contributed by atoms with E-state index in [4.69, 9.17) is 10.6 Å². The van der Waals surface area contributed by atoms with Gasteiger partial charge in [-0.2, -0.15) is 0 Å². The Kier molecular flexibility index (Phi) is 9.16. The molecule has 0 unspecified atom stereocenters. The third-order valence-corrected chi connectivity index (χ3v) is 11.0. The van der Waals surface area contributed by atoms with E-state index < -0.39 is 29.2 Å². The Morgan fingerprint density at radius 1 is 1.11 bits per heavy atom. The van der Waals surface area contributed by atoms with E-state index in [1.54, 1.807) is 16.8 Å². The summed E-state index contributed by atoms with van der Waals surface area (Å²) < 4.78 is 0.663. The number of β-lactam (4-membered cyclic amide) rings is 1. The average Bonchev–Trinajstić information content (AvgIpc) is 3.71. The number of carbonyl (C=O) groups is 3. The molecule has 2 aromatic carbocycles. The number of aliphatic carboxylic acids is 1. The normalized spacial score (nSPS) is 17.8. The first-order chi connectivity index (χ1) is 22.2. The van der Waals surface area contributed by atoms with E-state index in [0.717, 1.165) is 16.9 Å². The number of nitrogens with one attached hydrogen (secondary N) is 1. The lowest BCUT2D eigenvalue weighted by atomic mass is 10.0. The van der Waals surface area contributed by atoms with Crippen molar-refractivity contribution in [2.75, 3.05) is 17.2 Å². The molecule has 6 rings (SSSR count). The zero-order chi connectivity index (χ0) is 32.4. The van der Waals surface area contributed by atoms with Gasteiger partial charge in [0.1, 0.15) is 29.4 Å². The molecule has 1 fully saturated rings. The van der Waals surface area contributed by atoms with Gasteiger partial charge in [-0.3, -0.25) is 14.5 Å². The second-order valence-corrected chi connectivity index (χ2v) is 14.0. The number of phenolic OH excluding ortho intramolecular Hbond substituents is 2. The number of hydrogen-bond acceptors (Lipinski definition) is 14. The van der Waals surface area contributed by atoms with Crippen molar-refractivity contribution in [1.82, 2.24) is 20.2 Å². The maximum absolute atomic E-state index is 13.4. The van der Waals surface area contributed by atoms with Crippen LogP contribution in [0.25, 0.3) is 11.3 Å². The SMILES string of the molecule is Nc1nc(C(=NOCc2ccccc2)C(=O)N[C@@H]2C(=O)N3C(C(=O)O)=C(CSc4nc(-c5ccc(O)c(O)c5)cs4)CS[C@@H]23)cs1. The number of carboxylic acid groups (broad SMARTS) is 1. The second-order valence-electron chi connectivity index (χ2n) is 9.88. The topological polar surface area (TPSA) is 201 Å². The maximum Gasteiger partial charge on any atom is 0.352 e. The number of fused-ring (bicyclic) bond motifs is 1. The minimum Gasteiger partial charge on any atom is -0.504 e. The van der Waals surface area contributed by atoms with Gasteiger partial charge in [0.2, 0.25) is 0 Å². The van der Waals surface area contributed by atoms with Gasteiger partial charge in [-0.1, -0.05) is 47.2 Å². The minimum atomic E-state index is -1.24. The summed E-state index contributed by atoms with van der Waals surface area (Å²) >= 11 is 5.14. The molecule has 46 heavy (non-hydrogen) atoms. The van der Waals surface area contributed by atoms with Crippen LogP contribution >= 0.6 is 46.2 Å². The molecule has 0 aliphatic carbocycles. The van der Waals surface area contributed by atoms with Crippen LogP contribution in [0.2, 0.25) is 0 Å².